The lowest BCUT2D eigenvalue weighted by Gasteiger charge is -2.02. The van der Waals surface area contributed by atoms with Gasteiger partial charge in [0.05, 0.1) is 6.61 Å². The van der Waals surface area contributed by atoms with E-state index in [0.29, 0.717) is 6.61 Å². The SMILES string of the molecule is CCCCCCCC/C=C\CCCCCCCCOC(=O)C=CC=CC=CCCCCCCCCCCCCC. The van der Waals surface area contributed by atoms with Crippen molar-refractivity contribution in [3.63, 3.8) is 0 Å². The minimum atomic E-state index is -0.234. The van der Waals surface area contributed by atoms with Crippen LogP contribution in [0.15, 0.2) is 48.6 Å². The van der Waals surface area contributed by atoms with Crippen molar-refractivity contribution in [1.29, 1.82) is 0 Å². The molecular formula is C38H68O2. The van der Waals surface area contributed by atoms with Gasteiger partial charge in [-0.2, -0.15) is 0 Å². The monoisotopic (exact) mass is 557 g/mol. The highest BCUT2D eigenvalue weighted by molar-refractivity contribution is 5.82. The molecule has 0 aromatic rings. The van der Waals surface area contributed by atoms with Crippen molar-refractivity contribution in [2.45, 2.75) is 181 Å². The number of carbonyl (C=O) groups is 1. The second-order valence-electron chi connectivity index (χ2n) is 11.6. The zero-order valence-corrected chi connectivity index (χ0v) is 27.0. The molecule has 0 spiro atoms. The predicted octanol–water partition coefficient (Wildman–Crippen LogP) is 12.9. The number of unbranched alkanes of at least 4 members (excludes halogenated alkanes) is 23. The molecule has 2 nitrogen and oxygen atoms in total. The van der Waals surface area contributed by atoms with Crippen molar-refractivity contribution >= 4 is 5.97 Å². The molecule has 0 unspecified atom stereocenters. The van der Waals surface area contributed by atoms with Gasteiger partial charge in [-0.25, -0.2) is 4.79 Å². The van der Waals surface area contributed by atoms with Gasteiger partial charge in [-0.05, 0) is 44.9 Å². The first-order valence-corrected chi connectivity index (χ1v) is 17.6. The van der Waals surface area contributed by atoms with Gasteiger partial charge in [-0.3, -0.25) is 0 Å². The quantitative estimate of drug-likeness (QED) is 0.0279. The number of hydrogen-bond donors (Lipinski definition) is 0. The van der Waals surface area contributed by atoms with E-state index in [1.54, 1.807) is 6.08 Å². The van der Waals surface area contributed by atoms with E-state index in [1.807, 2.05) is 12.2 Å². The van der Waals surface area contributed by atoms with Gasteiger partial charge in [-0.15, -0.1) is 0 Å². The second-order valence-corrected chi connectivity index (χ2v) is 11.6. The highest BCUT2D eigenvalue weighted by Gasteiger charge is 1.97. The number of carbonyl (C=O) groups excluding carboxylic acids is 1. The average molecular weight is 557 g/mol. The first-order valence-electron chi connectivity index (χ1n) is 17.6. The van der Waals surface area contributed by atoms with E-state index < -0.39 is 0 Å². The zero-order valence-electron chi connectivity index (χ0n) is 27.0. The predicted molar refractivity (Wildman–Crippen MR) is 179 cm³/mol. The van der Waals surface area contributed by atoms with Gasteiger partial charge < -0.3 is 4.74 Å². The smallest absolute Gasteiger partial charge is 0.330 e. The van der Waals surface area contributed by atoms with Gasteiger partial charge in [-0.1, -0.05) is 178 Å². The minimum Gasteiger partial charge on any atom is -0.463 e. The topological polar surface area (TPSA) is 26.3 Å². The maximum Gasteiger partial charge on any atom is 0.330 e. The Hall–Kier alpha value is -1.57. The van der Waals surface area contributed by atoms with Crippen LogP contribution in [-0.4, -0.2) is 12.6 Å². The van der Waals surface area contributed by atoms with Crippen LogP contribution in [0, 0.1) is 0 Å². The molecule has 0 rings (SSSR count). The van der Waals surface area contributed by atoms with Crippen LogP contribution >= 0.6 is 0 Å². The molecule has 0 amide bonds. The maximum absolute atomic E-state index is 11.8. The van der Waals surface area contributed by atoms with Crippen molar-refractivity contribution in [2.75, 3.05) is 6.61 Å². The lowest BCUT2D eigenvalue weighted by Crippen LogP contribution is -2.02. The Morgan fingerprint density at radius 3 is 1.27 bits per heavy atom. The first-order chi connectivity index (χ1) is 19.8. The largest absolute Gasteiger partial charge is 0.463 e. The van der Waals surface area contributed by atoms with E-state index >= 15 is 0 Å². The number of ether oxygens (including phenoxy) is 1. The van der Waals surface area contributed by atoms with Crippen LogP contribution in [0.1, 0.15) is 181 Å². The lowest BCUT2D eigenvalue weighted by atomic mass is 10.1. The van der Waals surface area contributed by atoms with Crippen molar-refractivity contribution in [2.24, 2.45) is 0 Å². The van der Waals surface area contributed by atoms with Gasteiger partial charge in [0.15, 0.2) is 0 Å². The van der Waals surface area contributed by atoms with E-state index in [2.05, 4.69) is 38.2 Å². The zero-order chi connectivity index (χ0) is 29.0. The summed E-state index contributed by atoms with van der Waals surface area (Å²) >= 11 is 0. The van der Waals surface area contributed by atoms with E-state index in [-0.39, 0.29) is 5.97 Å². The van der Waals surface area contributed by atoms with Crippen LogP contribution < -0.4 is 0 Å². The Balaban J connectivity index is 3.38. The second kappa shape index (κ2) is 35.5. The van der Waals surface area contributed by atoms with Crippen molar-refractivity contribution in [1.82, 2.24) is 0 Å². The summed E-state index contributed by atoms with van der Waals surface area (Å²) in [6.07, 6.45) is 50.7. The number of rotatable bonds is 31. The molecule has 0 aromatic heterocycles. The fourth-order valence-corrected chi connectivity index (χ4v) is 4.93. The van der Waals surface area contributed by atoms with Crippen LogP contribution in [0.4, 0.5) is 0 Å². The fourth-order valence-electron chi connectivity index (χ4n) is 4.93. The molecule has 0 aliphatic rings. The summed E-state index contributed by atoms with van der Waals surface area (Å²) in [6.45, 7) is 5.09. The standard InChI is InChI=1S/C38H68O2/c1-3-5-7-9-11-13-15-17-19-21-22-24-26-28-30-32-34-36-38(39)40-37-35-33-31-29-27-25-23-20-18-16-14-12-10-8-6-4-2/h18,20,26,28,30,32,34,36H,3-17,19,21-25,27,29,31,33,35,37H2,1-2H3/b20-18-,28-26?,32-30?,36-34?. The van der Waals surface area contributed by atoms with Crippen LogP contribution in [0.5, 0.6) is 0 Å². The normalized spacial score (nSPS) is 12.2. The van der Waals surface area contributed by atoms with Crippen LogP contribution in [0.25, 0.3) is 0 Å². The molecule has 2 heteroatoms. The number of esters is 1. The molecule has 0 heterocycles. The Morgan fingerprint density at radius 1 is 0.425 bits per heavy atom. The Morgan fingerprint density at radius 2 is 0.800 bits per heavy atom. The third-order valence-corrected chi connectivity index (χ3v) is 7.58. The summed E-state index contributed by atoms with van der Waals surface area (Å²) in [4.78, 5) is 11.8. The van der Waals surface area contributed by atoms with Gasteiger partial charge in [0.2, 0.25) is 0 Å². The third kappa shape index (κ3) is 34.5. The van der Waals surface area contributed by atoms with Gasteiger partial charge >= 0.3 is 5.97 Å². The van der Waals surface area contributed by atoms with Crippen molar-refractivity contribution in [3.8, 4) is 0 Å². The molecule has 232 valence electrons. The Kier molecular flexibility index (Phi) is 34.1. The number of allylic oxidation sites excluding steroid dienone is 7. The molecule has 0 aromatic carbocycles. The van der Waals surface area contributed by atoms with Gasteiger partial charge in [0.25, 0.3) is 0 Å². The Labute approximate surface area is 251 Å². The van der Waals surface area contributed by atoms with Crippen LogP contribution in [0.2, 0.25) is 0 Å². The third-order valence-electron chi connectivity index (χ3n) is 7.58. The molecule has 0 atom stereocenters. The molecule has 40 heavy (non-hydrogen) atoms. The molecule has 0 radical (unpaired) electrons. The highest BCUT2D eigenvalue weighted by atomic mass is 16.5. The molecule has 0 fully saturated rings. The summed E-state index contributed by atoms with van der Waals surface area (Å²) in [5.74, 6) is -0.234. The molecule has 0 bridgehead atoms. The van der Waals surface area contributed by atoms with Crippen LogP contribution in [0.3, 0.4) is 0 Å². The average Bonchev–Trinajstić information content (AvgIpc) is 2.96. The molecule has 0 N–H and O–H groups in total. The van der Waals surface area contributed by atoms with E-state index in [1.165, 1.54) is 154 Å². The van der Waals surface area contributed by atoms with Crippen molar-refractivity contribution < 1.29 is 9.53 Å². The van der Waals surface area contributed by atoms with Gasteiger partial charge in [0.1, 0.15) is 0 Å². The van der Waals surface area contributed by atoms with E-state index in [4.69, 9.17) is 4.74 Å². The summed E-state index contributed by atoms with van der Waals surface area (Å²) in [5, 5.41) is 0. The van der Waals surface area contributed by atoms with Crippen molar-refractivity contribution in [3.05, 3.63) is 48.6 Å². The van der Waals surface area contributed by atoms with Gasteiger partial charge in [0, 0.05) is 6.08 Å². The summed E-state index contributed by atoms with van der Waals surface area (Å²) in [5.41, 5.74) is 0. The van der Waals surface area contributed by atoms with Crippen LogP contribution in [-0.2, 0) is 9.53 Å². The highest BCUT2D eigenvalue weighted by Crippen LogP contribution is 2.12. The number of hydrogen-bond acceptors (Lipinski definition) is 2. The summed E-state index contributed by atoms with van der Waals surface area (Å²) in [6, 6.07) is 0. The maximum atomic E-state index is 11.8. The minimum absolute atomic E-state index is 0.234. The molecule has 0 aliphatic heterocycles. The molecule has 0 saturated heterocycles. The first kappa shape index (κ1) is 38.4. The molecule has 0 aliphatic carbocycles. The lowest BCUT2D eigenvalue weighted by molar-refractivity contribution is -0.137. The van der Waals surface area contributed by atoms with E-state index in [9.17, 15) is 4.79 Å². The fraction of sp³-hybridized carbons (Fsp3) is 0.763. The summed E-state index contributed by atoms with van der Waals surface area (Å²) in [7, 11) is 0. The Bertz CT molecular complexity index is 613. The summed E-state index contributed by atoms with van der Waals surface area (Å²) < 4.78 is 5.30. The van der Waals surface area contributed by atoms with E-state index in [0.717, 1.165) is 19.3 Å². The molecular weight excluding hydrogens is 488 g/mol. The molecule has 0 saturated carbocycles.